The van der Waals surface area contributed by atoms with Crippen LogP contribution in [-0.4, -0.2) is 59.1 Å². The molecule has 0 radical (unpaired) electrons. The molecule has 1 saturated heterocycles. The molecule has 1 N–H and O–H groups in total. The second kappa shape index (κ2) is 10.9. The number of carbonyl (C=O) groups excluding carboxylic acids is 1. The number of aromatic nitrogens is 2. The minimum Gasteiger partial charge on any atom is -0.485 e. The molecule has 0 unspecified atom stereocenters. The molecule has 0 spiro atoms. The lowest BCUT2D eigenvalue weighted by Gasteiger charge is -2.30. The van der Waals surface area contributed by atoms with E-state index >= 15 is 0 Å². The van der Waals surface area contributed by atoms with Gasteiger partial charge in [-0.1, -0.05) is 19.4 Å². The summed E-state index contributed by atoms with van der Waals surface area (Å²) in [6.07, 6.45) is 3.55. The zero-order valence-corrected chi connectivity index (χ0v) is 19.5. The quantitative estimate of drug-likeness (QED) is 0.514. The maximum atomic E-state index is 14.0. The number of benzene rings is 1. The summed E-state index contributed by atoms with van der Waals surface area (Å²) in [4.78, 5) is 20.1. The Bertz CT molecular complexity index is 1120. The summed E-state index contributed by atoms with van der Waals surface area (Å²) in [6, 6.07) is 7.07. The van der Waals surface area contributed by atoms with Crippen LogP contribution >= 0.6 is 0 Å². The van der Waals surface area contributed by atoms with Crippen LogP contribution in [0.25, 0.3) is 5.65 Å². The van der Waals surface area contributed by atoms with Gasteiger partial charge in [0.2, 0.25) is 0 Å². The van der Waals surface area contributed by atoms with Crippen molar-refractivity contribution in [1.29, 1.82) is 0 Å². The van der Waals surface area contributed by atoms with Crippen molar-refractivity contribution in [2.45, 2.75) is 39.3 Å². The highest BCUT2D eigenvalue weighted by molar-refractivity contribution is 5.95. The van der Waals surface area contributed by atoms with E-state index in [9.17, 15) is 13.6 Å². The van der Waals surface area contributed by atoms with Crippen LogP contribution in [0.4, 0.5) is 8.78 Å². The molecule has 182 valence electrons. The average Bonchev–Trinajstić information content (AvgIpc) is 3.16. The molecule has 1 amide bonds. The Morgan fingerprint density at radius 3 is 2.65 bits per heavy atom. The number of amides is 1. The van der Waals surface area contributed by atoms with E-state index in [0.29, 0.717) is 36.0 Å². The Morgan fingerprint density at radius 2 is 1.94 bits per heavy atom. The largest absolute Gasteiger partial charge is 0.485 e. The number of rotatable bonds is 9. The zero-order chi connectivity index (χ0) is 24.1. The second-order valence-corrected chi connectivity index (χ2v) is 8.47. The molecular formula is C25H30F2N4O3. The van der Waals surface area contributed by atoms with Crippen molar-refractivity contribution in [2.24, 2.45) is 0 Å². The van der Waals surface area contributed by atoms with E-state index in [-0.39, 0.29) is 24.1 Å². The molecule has 1 atom stereocenters. The Morgan fingerprint density at radius 1 is 1.21 bits per heavy atom. The van der Waals surface area contributed by atoms with Gasteiger partial charge in [-0.15, -0.1) is 0 Å². The van der Waals surface area contributed by atoms with Gasteiger partial charge in [0.15, 0.2) is 11.4 Å². The van der Waals surface area contributed by atoms with Gasteiger partial charge in [0.1, 0.15) is 23.9 Å². The standard InChI is InChI=1S/C25H30F2N4O3/c1-3-6-18(15-30-11-13-33-14-12-30)29-25(32)23-17(2)28-24-22(9-5-10-31(23)24)34-16-19-20(26)7-4-8-21(19)27/h4-5,7-10,18H,3,6,11-16H2,1-2H3,(H,29,32)/t18-/m1/s1. The molecule has 0 bridgehead atoms. The number of hydrogen-bond acceptors (Lipinski definition) is 5. The Labute approximate surface area is 197 Å². The molecule has 0 aliphatic carbocycles. The number of imidazole rings is 1. The summed E-state index contributed by atoms with van der Waals surface area (Å²) < 4.78 is 40.8. The van der Waals surface area contributed by atoms with Crippen molar-refractivity contribution in [1.82, 2.24) is 19.6 Å². The van der Waals surface area contributed by atoms with Crippen LogP contribution in [0.5, 0.6) is 5.75 Å². The molecule has 1 fully saturated rings. The molecule has 9 heteroatoms. The maximum Gasteiger partial charge on any atom is 0.270 e. The van der Waals surface area contributed by atoms with Gasteiger partial charge < -0.3 is 14.8 Å². The molecule has 1 aromatic carbocycles. The van der Waals surface area contributed by atoms with Crippen LogP contribution in [0, 0.1) is 18.6 Å². The first-order valence-corrected chi connectivity index (χ1v) is 11.6. The molecule has 1 aliphatic heterocycles. The molecule has 4 rings (SSSR count). The Balaban J connectivity index is 1.53. The fourth-order valence-electron chi connectivity index (χ4n) is 4.27. The van der Waals surface area contributed by atoms with Crippen molar-refractivity contribution in [3.8, 4) is 5.75 Å². The van der Waals surface area contributed by atoms with Crippen LogP contribution in [0.15, 0.2) is 36.5 Å². The number of nitrogens with zero attached hydrogens (tertiary/aromatic N) is 3. The predicted octanol–water partition coefficient (Wildman–Crippen LogP) is 3.73. The Kier molecular flexibility index (Phi) is 7.74. The SMILES string of the molecule is CCC[C@H](CN1CCOCC1)NC(=O)c1c(C)nc2c(OCc3c(F)cccc3F)cccn12. The van der Waals surface area contributed by atoms with Crippen molar-refractivity contribution < 1.29 is 23.0 Å². The summed E-state index contributed by atoms with van der Waals surface area (Å²) in [5, 5.41) is 3.17. The fourth-order valence-corrected chi connectivity index (χ4v) is 4.27. The minimum absolute atomic E-state index is 0.00372. The van der Waals surface area contributed by atoms with Crippen LogP contribution in [-0.2, 0) is 11.3 Å². The molecule has 3 heterocycles. The van der Waals surface area contributed by atoms with Crippen molar-refractivity contribution >= 4 is 11.6 Å². The van der Waals surface area contributed by atoms with Crippen LogP contribution in [0.1, 0.15) is 41.5 Å². The molecule has 7 nitrogen and oxygen atoms in total. The van der Waals surface area contributed by atoms with E-state index in [0.717, 1.165) is 32.5 Å². The normalized spacial score (nSPS) is 15.4. The Hall–Kier alpha value is -3.04. The fraction of sp³-hybridized carbons (Fsp3) is 0.440. The number of hydrogen-bond donors (Lipinski definition) is 1. The van der Waals surface area contributed by atoms with Gasteiger partial charge in [-0.05, 0) is 37.6 Å². The first kappa shape index (κ1) is 24.1. The van der Waals surface area contributed by atoms with Gasteiger partial charge in [-0.2, -0.15) is 0 Å². The predicted molar refractivity (Wildman–Crippen MR) is 124 cm³/mol. The smallest absolute Gasteiger partial charge is 0.270 e. The van der Waals surface area contributed by atoms with Crippen LogP contribution in [0.3, 0.4) is 0 Å². The number of halogens is 2. The third kappa shape index (κ3) is 5.37. The number of fused-ring (bicyclic) bond motifs is 1. The van der Waals surface area contributed by atoms with E-state index < -0.39 is 11.6 Å². The topological polar surface area (TPSA) is 68.1 Å². The van der Waals surface area contributed by atoms with E-state index in [1.54, 1.807) is 29.7 Å². The van der Waals surface area contributed by atoms with Gasteiger partial charge >= 0.3 is 0 Å². The highest BCUT2D eigenvalue weighted by atomic mass is 19.1. The summed E-state index contributed by atoms with van der Waals surface area (Å²) in [5.41, 5.74) is 1.23. The van der Waals surface area contributed by atoms with Gasteiger partial charge in [-0.3, -0.25) is 14.1 Å². The summed E-state index contributed by atoms with van der Waals surface area (Å²) in [6.45, 7) is 7.46. The lowest BCUT2D eigenvalue weighted by atomic mass is 10.1. The number of ether oxygens (including phenoxy) is 2. The maximum absolute atomic E-state index is 14.0. The minimum atomic E-state index is -0.672. The summed E-state index contributed by atoms with van der Waals surface area (Å²) in [7, 11) is 0. The van der Waals surface area contributed by atoms with Crippen LogP contribution < -0.4 is 10.1 Å². The van der Waals surface area contributed by atoms with Crippen LogP contribution in [0.2, 0.25) is 0 Å². The van der Waals surface area contributed by atoms with Gasteiger partial charge in [0.25, 0.3) is 5.91 Å². The highest BCUT2D eigenvalue weighted by Gasteiger charge is 2.23. The second-order valence-electron chi connectivity index (χ2n) is 8.47. The average molecular weight is 473 g/mol. The lowest BCUT2D eigenvalue weighted by Crippen LogP contribution is -2.47. The third-order valence-electron chi connectivity index (χ3n) is 5.99. The highest BCUT2D eigenvalue weighted by Crippen LogP contribution is 2.24. The van der Waals surface area contributed by atoms with Crippen molar-refractivity contribution in [2.75, 3.05) is 32.8 Å². The number of nitrogens with one attached hydrogen (secondary N) is 1. The zero-order valence-electron chi connectivity index (χ0n) is 19.5. The lowest BCUT2D eigenvalue weighted by molar-refractivity contribution is 0.0328. The van der Waals surface area contributed by atoms with Gasteiger partial charge in [-0.25, -0.2) is 13.8 Å². The number of aryl methyl sites for hydroxylation is 1. The van der Waals surface area contributed by atoms with E-state index in [2.05, 4.69) is 22.1 Å². The molecule has 2 aromatic heterocycles. The van der Waals surface area contributed by atoms with Gasteiger partial charge in [0.05, 0.1) is 24.5 Å². The van der Waals surface area contributed by atoms with Gasteiger partial charge in [0, 0.05) is 31.9 Å². The first-order valence-electron chi connectivity index (χ1n) is 11.6. The van der Waals surface area contributed by atoms with E-state index in [1.807, 2.05) is 0 Å². The van der Waals surface area contributed by atoms with E-state index in [4.69, 9.17) is 9.47 Å². The molecule has 0 saturated carbocycles. The monoisotopic (exact) mass is 472 g/mol. The van der Waals surface area contributed by atoms with Crippen molar-refractivity contribution in [3.63, 3.8) is 0 Å². The van der Waals surface area contributed by atoms with Crippen molar-refractivity contribution in [3.05, 3.63) is 65.1 Å². The molecular weight excluding hydrogens is 442 g/mol. The third-order valence-corrected chi connectivity index (χ3v) is 5.99. The molecule has 1 aliphatic rings. The number of carbonyl (C=O) groups is 1. The summed E-state index contributed by atoms with van der Waals surface area (Å²) >= 11 is 0. The molecule has 34 heavy (non-hydrogen) atoms. The summed E-state index contributed by atoms with van der Waals surface area (Å²) in [5.74, 6) is -1.22. The number of pyridine rings is 1. The first-order chi connectivity index (χ1) is 16.5. The number of morpholine rings is 1. The van der Waals surface area contributed by atoms with E-state index in [1.165, 1.54) is 18.2 Å². The molecule has 3 aromatic rings.